The molecule has 0 radical (unpaired) electrons. The highest BCUT2D eigenvalue weighted by molar-refractivity contribution is 6.03. The zero-order valence-electron chi connectivity index (χ0n) is 22.6. The summed E-state index contributed by atoms with van der Waals surface area (Å²) in [4.78, 5) is 21.2. The first-order valence-electron chi connectivity index (χ1n) is 13.0. The van der Waals surface area contributed by atoms with Crippen LogP contribution >= 0.6 is 0 Å². The summed E-state index contributed by atoms with van der Waals surface area (Å²) in [7, 11) is 1.50. The molecule has 1 aliphatic carbocycles. The lowest BCUT2D eigenvalue weighted by atomic mass is 9.68. The highest BCUT2D eigenvalue weighted by atomic mass is 19.1. The Morgan fingerprint density at radius 3 is 2.55 bits per heavy atom. The number of ether oxygens (including phenoxy) is 2. The maximum Gasteiger partial charge on any atom is 0.274 e. The quantitative estimate of drug-likeness (QED) is 0.329. The first-order valence-corrected chi connectivity index (χ1v) is 13.0. The van der Waals surface area contributed by atoms with Crippen LogP contribution in [0.15, 0.2) is 42.7 Å². The second-order valence-corrected chi connectivity index (χ2v) is 10.3. The second-order valence-electron chi connectivity index (χ2n) is 10.3. The fourth-order valence-electron chi connectivity index (χ4n) is 4.99. The second kappa shape index (κ2) is 12.4. The van der Waals surface area contributed by atoms with Gasteiger partial charge in [-0.15, -0.1) is 0 Å². The van der Waals surface area contributed by atoms with Crippen molar-refractivity contribution >= 4 is 11.6 Å². The number of hydrogen-bond acceptors (Lipinski definition) is 7. The van der Waals surface area contributed by atoms with E-state index in [1.54, 1.807) is 19.2 Å². The van der Waals surface area contributed by atoms with Crippen LogP contribution in [-0.4, -0.2) is 52.9 Å². The van der Waals surface area contributed by atoms with Crippen LogP contribution in [0.2, 0.25) is 0 Å². The number of pyridine rings is 2. The third kappa shape index (κ3) is 6.33. The van der Waals surface area contributed by atoms with Gasteiger partial charge in [-0.05, 0) is 73.1 Å². The van der Waals surface area contributed by atoms with Crippen molar-refractivity contribution in [3.8, 4) is 11.3 Å². The third-order valence-corrected chi connectivity index (χ3v) is 7.59. The van der Waals surface area contributed by atoms with Crippen LogP contribution in [0.4, 0.5) is 18.9 Å². The number of anilines is 1. The molecule has 40 heavy (non-hydrogen) atoms. The SMILES string of the molecule is COCCOCc1cc(F)c(-c2nc(C(=O)Nc3cnccc3[C@H]3C[C@@H](N)[C@](C)(O)[C@@H](C)C3)ccc2F)c(F)c1. The van der Waals surface area contributed by atoms with E-state index in [0.29, 0.717) is 25.1 Å². The summed E-state index contributed by atoms with van der Waals surface area (Å²) < 4.78 is 54.8. The summed E-state index contributed by atoms with van der Waals surface area (Å²) >= 11 is 0. The van der Waals surface area contributed by atoms with Crippen LogP contribution in [0.3, 0.4) is 0 Å². The number of nitrogens with zero attached hydrogens (tertiary/aromatic N) is 2. The number of hydrogen-bond donors (Lipinski definition) is 3. The van der Waals surface area contributed by atoms with E-state index in [0.717, 1.165) is 29.8 Å². The molecule has 0 saturated heterocycles. The molecule has 1 aromatic carbocycles. The van der Waals surface area contributed by atoms with Gasteiger partial charge in [0.15, 0.2) is 0 Å². The Morgan fingerprint density at radius 1 is 1.15 bits per heavy atom. The molecule has 0 aliphatic heterocycles. The zero-order chi connectivity index (χ0) is 29.0. The molecule has 0 unspecified atom stereocenters. The Balaban J connectivity index is 1.57. The number of amides is 1. The number of benzene rings is 1. The normalized spacial score (nSPS) is 22.8. The smallest absolute Gasteiger partial charge is 0.274 e. The number of nitrogens with one attached hydrogen (secondary N) is 1. The minimum Gasteiger partial charge on any atom is -0.388 e. The molecule has 0 bridgehead atoms. The molecule has 3 aromatic rings. The fourth-order valence-corrected chi connectivity index (χ4v) is 4.99. The molecule has 8 nitrogen and oxygen atoms in total. The van der Waals surface area contributed by atoms with E-state index in [9.17, 15) is 23.1 Å². The Bertz CT molecular complexity index is 1330. The number of methoxy groups -OCH3 is 1. The summed E-state index contributed by atoms with van der Waals surface area (Å²) in [6.45, 7) is 4.14. The van der Waals surface area contributed by atoms with Crippen molar-refractivity contribution in [2.75, 3.05) is 25.6 Å². The first-order chi connectivity index (χ1) is 19.0. The molecule has 214 valence electrons. The Labute approximate surface area is 230 Å². The summed E-state index contributed by atoms with van der Waals surface area (Å²) in [6.07, 6.45) is 4.21. The first kappa shape index (κ1) is 29.6. The largest absolute Gasteiger partial charge is 0.388 e. The van der Waals surface area contributed by atoms with Gasteiger partial charge in [0.05, 0.1) is 42.9 Å². The monoisotopic (exact) mass is 558 g/mol. The Kier molecular flexibility index (Phi) is 9.19. The summed E-state index contributed by atoms with van der Waals surface area (Å²) in [5.74, 6) is -3.92. The van der Waals surface area contributed by atoms with Gasteiger partial charge in [0.25, 0.3) is 5.91 Å². The van der Waals surface area contributed by atoms with Gasteiger partial charge in [-0.2, -0.15) is 0 Å². The minimum atomic E-state index is -1.04. The molecule has 11 heteroatoms. The van der Waals surface area contributed by atoms with Crippen LogP contribution in [0.25, 0.3) is 11.3 Å². The fraction of sp³-hybridized carbons (Fsp3) is 0.414. The lowest BCUT2D eigenvalue weighted by Crippen LogP contribution is -2.54. The number of carbonyl (C=O) groups is 1. The Morgan fingerprint density at radius 2 is 1.88 bits per heavy atom. The molecular formula is C29H33F3N4O4. The number of carbonyl (C=O) groups excluding carboxylic acids is 1. The van der Waals surface area contributed by atoms with E-state index in [4.69, 9.17) is 15.2 Å². The van der Waals surface area contributed by atoms with Crippen LogP contribution < -0.4 is 11.1 Å². The van der Waals surface area contributed by atoms with E-state index in [1.807, 2.05) is 6.92 Å². The molecule has 4 rings (SSSR count). The van der Waals surface area contributed by atoms with Gasteiger partial charge in [-0.3, -0.25) is 9.78 Å². The standard InChI is InChI=1S/C29H33F3N4O4/c1-16-10-18(13-25(33)29(16,2)38)19-6-7-34-14-24(19)36-28(37)23-5-4-20(30)27(35-23)26-21(31)11-17(12-22(26)32)15-40-9-8-39-3/h4-7,11-12,14,16,18,25,38H,8-10,13,15,33H2,1-3H3,(H,36,37)/t16-,18+,25+,29+/m0/s1. The predicted molar refractivity (Wildman–Crippen MR) is 143 cm³/mol. The maximum absolute atomic E-state index is 14.9. The van der Waals surface area contributed by atoms with Gasteiger partial charge in [0.2, 0.25) is 0 Å². The van der Waals surface area contributed by atoms with Crippen molar-refractivity contribution in [1.82, 2.24) is 9.97 Å². The van der Waals surface area contributed by atoms with Crippen molar-refractivity contribution < 1.29 is 32.5 Å². The van der Waals surface area contributed by atoms with Gasteiger partial charge in [-0.1, -0.05) is 6.92 Å². The maximum atomic E-state index is 14.9. The minimum absolute atomic E-state index is 0.0551. The highest BCUT2D eigenvalue weighted by Gasteiger charge is 2.42. The molecule has 1 fully saturated rings. The highest BCUT2D eigenvalue weighted by Crippen LogP contribution is 2.42. The summed E-state index contributed by atoms with van der Waals surface area (Å²) in [6, 6.07) is 5.45. The topological polar surface area (TPSA) is 120 Å². The van der Waals surface area contributed by atoms with Crippen molar-refractivity contribution in [2.24, 2.45) is 11.7 Å². The molecule has 2 heterocycles. The molecule has 1 amide bonds. The van der Waals surface area contributed by atoms with Crippen LogP contribution in [-0.2, 0) is 16.1 Å². The van der Waals surface area contributed by atoms with Gasteiger partial charge in [0.1, 0.15) is 28.8 Å². The van der Waals surface area contributed by atoms with Crippen molar-refractivity contribution in [2.45, 2.75) is 50.9 Å². The predicted octanol–water partition coefficient (Wildman–Crippen LogP) is 4.57. The number of rotatable bonds is 9. The zero-order valence-corrected chi connectivity index (χ0v) is 22.6. The van der Waals surface area contributed by atoms with E-state index >= 15 is 0 Å². The summed E-state index contributed by atoms with van der Waals surface area (Å²) in [5, 5.41) is 13.4. The average Bonchev–Trinajstić information content (AvgIpc) is 2.90. The lowest BCUT2D eigenvalue weighted by molar-refractivity contribution is -0.0463. The molecule has 4 N–H and O–H groups in total. The third-order valence-electron chi connectivity index (χ3n) is 7.59. The summed E-state index contributed by atoms with van der Waals surface area (Å²) in [5.41, 5.74) is 5.08. The lowest BCUT2D eigenvalue weighted by Gasteiger charge is -2.44. The van der Waals surface area contributed by atoms with E-state index in [2.05, 4.69) is 15.3 Å². The van der Waals surface area contributed by atoms with E-state index in [1.165, 1.54) is 13.3 Å². The van der Waals surface area contributed by atoms with Crippen molar-refractivity contribution in [3.05, 3.63) is 77.0 Å². The molecule has 4 atom stereocenters. The van der Waals surface area contributed by atoms with E-state index in [-0.39, 0.29) is 36.3 Å². The number of nitrogens with two attached hydrogens (primary N) is 1. The van der Waals surface area contributed by atoms with Crippen molar-refractivity contribution in [1.29, 1.82) is 0 Å². The molecule has 1 saturated carbocycles. The van der Waals surface area contributed by atoms with Crippen molar-refractivity contribution in [3.63, 3.8) is 0 Å². The molecular weight excluding hydrogens is 525 g/mol. The van der Waals surface area contributed by atoms with Gasteiger partial charge < -0.3 is 25.6 Å². The van der Waals surface area contributed by atoms with Crippen LogP contribution in [0, 0.1) is 23.4 Å². The van der Waals surface area contributed by atoms with Gasteiger partial charge in [-0.25, -0.2) is 18.2 Å². The number of aromatic nitrogens is 2. The number of halogens is 3. The number of aliphatic hydroxyl groups is 1. The van der Waals surface area contributed by atoms with Gasteiger partial charge >= 0.3 is 0 Å². The van der Waals surface area contributed by atoms with Crippen LogP contribution in [0.5, 0.6) is 0 Å². The molecule has 1 aliphatic rings. The average molecular weight is 559 g/mol. The Hall–Kier alpha value is -3.38. The van der Waals surface area contributed by atoms with Gasteiger partial charge in [0, 0.05) is 19.3 Å². The van der Waals surface area contributed by atoms with Crippen LogP contribution in [0.1, 0.15) is 54.2 Å². The molecule has 0 spiro atoms. The van der Waals surface area contributed by atoms with E-state index < -0.39 is 46.3 Å². The molecule has 2 aromatic heterocycles.